The van der Waals surface area contributed by atoms with E-state index in [1.165, 1.54) is 110 Å². The zero-order valence-corrected chi connectivity index (χ0v) is 30.0. The Morgan fingerprint density at radius 3 is 1.96 bits per heavy atom. The van der Waals surface area contributed by atoms with Crippen molar-refractivity contribution >= 4 is 54.4 Å². The van der Waals surface area contributed by atoms with Gasteiger partial charge in [0.2, 0.25) is 0 Å². The van der Waals surface area contributed by atoms with Crippen molar-refractivity contribution in [3.05, 3.63) is 211 Å². The summed E-state index contributed by atoms with van der Waals surface area (Å²) in [5.41, 5.74) is 17.6. The van der Waals surface area contributed by atoms with Crippen LogP contribution in [0.3, 0.4) is 0 Å². The highest BCUT2D eigenvalue weighted by atomic mass is 15.0. The van der Waals surface area contributed by atoms with Crippen molar-refractivity contribution in [3.63, 3.8) is 0 Å². The Morgan fingerprint density at radius 2 is 1.04 bits per heavy atom. The van der Waals surface area contributed by atoms with E-state index in [2.05, 4.69) is 204 Å². The van der Waals surface area contributed by atoms with Crippen molar-refractivity contribution in [1.29, 1.82) is 0 Å². The van der Waals surface area contributed by atoms with E-state index < -0.39 is 0 Å². The van der Waals surface area contributed by atoms with Crippen LogP contribution in [0.2, 0.25) is 0 Å². The van der Waals surface area contributed by atoms with Crippen molar-refractivity contribution in [2.24, 2.45) is 0 Å². The van der Waals surface area contributed by atoms with E-state index in [9.17, 15) is 0 Å². The number of fused-ring (bicyclic) bond motifs is 10. The van der Waals surface area contributed by atoms with Crippen molar-refractivity contribution in [2.45, 2.75) is 5.92 Å². The number of aromatic nitrogens is 2. The third kappa shape index (κ3) is 4.49. The number of rotatable bonds is 4. The molecule has 1 unspecified atom stereocenters. The first kappa shape index (κ1) is 30.3. The highest BCUT2D eigenvalue weighted by molar-refractivity contribution is 6.13. The van der Waals surface area contributed by atoms with Gasteiger partial charge in [0, 0.05) is 44.2 Å². The maximum Gasteiger partial charge on any atom is 0.0547 e. The van der Waals surface area contributed by atoms with Crippen LogP contribution in [0.4, 0.5) is 0 Å². The summed E-state index contributed by atoms with van der Waals surface area (Å²) >= 11 is 0. The van der Waals surface area contributed by atoms with Gasteiger partial charge in [-0.25, -0.2) is 0 Å². The molecule has 11 aromatic rings. The van der Waals surface area contributed by atoms with Crippen molar-refractivity contribution in [1.82, 2.24) is 9.55 Å². The largest absolute Gasteiger partial charge is 0.354 e. The van der Waals surface area contributed by atoms with Gasteiger partial charge in [-0.05, 0) is 104 Å². The average Bonchev–Trinajstić information content (AvgIpc) is 3.91. The zero-order chi connectivity index (χ0) is 36.0. The summed E-state index contributed by atoms with van der Waals surface area (Å²) in [6.45, 7) is 0. The molecule has 0 saturated heterocycles. The fraction of sp³-hybridized carbons (Fsp3) is 0.0189. The van der Waals surface area contributed by atoms with Gasteiger partial charge in [0.15, 0.2) is 0 Å². The molecule has 2 heteroatoms. The molecule has 1 aliphatic rings. The number of nitrogens with one attached hydrogen (secondary N) is 1. The van der Waals surface area contributed by atoms with E-state index in [1.54, 1.807) is 0 Å². The van der Waals surface area contributed by atoms with Crippen LogP contribution in [0, 0.1) is 0 Å². The lowest BCUT2D eigenvalue weighted by Gasteiger charge is -2.19. The summed E-state index contributed by atoms with van der Waals surface area (Å²) < 4.78 is 2.40. The molecule has 0 bridgehead atoms. The molecule has 1 atom stereocenters. The number of H-pyrrole nitrogens is 1. The number of hydrogen-bond donors (Lipinski definition) is 1. The van der Waals surface area contributed by atoms with Crippen molar-refractivity contribution in [2.75, 3.05) is 0 Å². The predicted octanol–water partition coefficient (Wildman–Crippen LogP) is 14.1. The van der Waals surface area contributed by atoms with E-state index in [-0.39, 0.29) is 5.92 Å². The molecule has 0 aliphatic heterocycles. The lowest BCUT2D eigenvalue weighted by atomic mass is 9.84. The normalized spacial score (nSPS) is 13.6. The number of benzene rings is 9. The molecule has 1 N–H and O–H groups in total. The molecule has 9 aromatic carbocycles. The van der Waals surface area contributed by atoms with Crippen LogP contribution in [0.1, 0.15) is 22.6 Å². The molecule has 1 aliphatic carbocycles. The van der Waals surface area contributed by atoms with E-state index in [4.69, 9.17) is 0 Å². The smallest absolute Gasteiger partial charge is 0.0547 e. The minimum absolute atomic E-state index is 0.107. The minimum Gasteiger partial charge on any atom is -0.354 e. The highest BCUT2D eigenvalue weighted by Gasteiger charge is 2.31. The van der Waals surface area contributed by atoms with E-state index >= 15 is 0 Å². The van der Waals surface area contributed by atoms with Gasteiger partial charge in [-0.2, -0.15) is 0 Å². The molecule has 0 fully saturated rings. The molecule has 0 radical (unpaired) electrons. The predicted molar refractivity (Wildman–Crippen MR) is 231 cm³/mol. The van der Waals surface area contributed by atoms with E-state index in [1.807, 2.05) is 0 Å². The Balaban J connectivity index is 1.04. The maximum atomic E-state index is 3.76. The minimum atomic E-state index is 0.107. The van der Waals surface area contributed by atoms with Gasteiger partial charge >= 0.3 is 0 Å². The first-order chi connectivity index (χ1) is 27.3. The van der Waals surface area contributed by atoms with Crippen LogP contribution in [0.15, 0.2) is 194 Å². The van der Waals surface area contributed by atoms with Crippen LogP contribution in [0.25, 0.3) is 93.5 Å². The molecular weight excluding hydrogens is 665 g/mol. The first-order valence-electron chi connectivity index (χ1n) is 19.1. The van der Waals surface area contributed by atoms with E-state index in [0.29, 0.717) is 0 Å². The lowest BCUT2D eigenvalue weighted by molar-refractivity contribution is 1.03. The third-order valence-electron chi connectivity index (χ3n) is 12.0. The van der Waals surface area contributed by atoms with Gasteiger partial charge in [0.1, 0.15) is 0 Å². The molecule has 0 amide bonds. The van der Waals surface area contributed by atoms with Gasteiger partial charge in [0.25, 0.3) is 0 Å². The second kappa shape index (κ2) is 11.7. The SMILES string of the molecule is c1ccc(-n2c3ccccc3c3ccc(-c4ccc5c(c4)-c4ccccc4C5c4cc(-c5cccc6c5[nH]c5ccccc56)cc5ccccc45)cc32)cc1. The lowest BCUT2D eigenvalue weighted by Crippen LogP contribution is -2.01. The van der Waals surface area contributed by atoms with Crippen LogP contribution in [0.5, 0.6) is 0 Å². The van der Waals surface area contributed by atoms with Gasteiger partial charge in [0.05, 0.1) is 16.6 Å². The summed E-state index contributed by atoms with van der Waals surface area (Å²) in [6.07, 6.45) is 0. The summed E-state index contributed by atoms with van der Waals surface area (Å²) in [4.78, 5) is 3.76. The number of para-hydroxylation sites is 4. The van der Waals surface area contributed by atoms with Gasteiger partial charge in [-0.15, -0.1) is 0 Å². The monoisotopic (exact) mass is 698 g/mol. The molecule has 12 rings (SSSR count). The van der Waals surface area contributed by atoms with E-state index in [0.717, 1.165) is 0 Å². The van der Waals surface area contributed by atoms with Gasteiger partial charge in [-0.1, -0.05) is 146 Å². The summed E-state index contributed by atoms with van der Waals surface area (Å²) in [6, 6.07) is 71.7. The Labute approximate surface area is 318 Å². The molecule has 2 aromatic heterocycles. The van der Waals surface area contributed by atoms with Gasteiger partial charge < -0.3 is 9.55 Å². The molecule has 2 nitrogen and oxygen atoms in total. The summed E-state index contributed by atoms with van der Waals surface area (Å²) in [5.74, 6) is 0.107. The summed E-state index contributed by atoms with van der Waals surface area (Å²) in [5, 5.41) is 7.61. The molecule has 256 valence electrons. The van der Waals surface area contributed by atoms with Crippen LogP contribution in [-0.4, -0.2) is 9.55 Å². The average molecular weight is 699 g/mol. The topological polar surface area (TPSA) is 20.7 Å². The second-order valence-electron chi connectivity index (χ2n) is 14.9. The first-order valence-corrected chi connectivity index (χ1v) is 19.1. The Bertz CT molecular complexity index is 3320. The van der Waals surface area contributed by atoms with Crippen LogP contribution >= 0.6 is 0 Å². The highest BCUT2D eigenvalue weighted by Crippen LogP contribution is 2.51. The quantitative estimate of drug-likeness (QED) is 0.189. The van der Waals surface area contributed by atoms with Crippen LogP contribution in [-0.2, 0) is 0 Å². The fourth-order valence-electron chi connectivity index (χ4n) is 9.57. The Kier molecular flexibility index (Phi) is 6.43. The second-order valence-corrected chi connectivity index (χ2v) is 14.9. The molecule has 0 spiro atoms. The molecule has 2 heterocycles. The number of hydrogen-bond acceptors (Lipinski definition) is 0. The number of aromatic amines is 1. The number of nitrogens with zero attached hydrogens (tertiary/aromatic N) is 1. The van der Waals surface area contributed by atoms with Crippen molar-refractivity contribution in [3.8, 4) is 39.1 Å². The third-order valence-corrected chi connectivity index (χ3v) is 12.0. The van der Waals surface area contributed by atoms with Crippen molar-refractivity contribution < 1.29 is 0 Å². The fourth-order valence-corrected chi connectivity index (χ4v) is 9.57. The molecule has 0 saturated carbocycles. The Hall–Kier alpha value is -7.16. The molecular formula is C53H34N2. The molecule has 55 heavy (non-hydrogen) atoms. The zero-order valence-electron chi connectivity index (χ0n) is 30.0. The maximum absolute atomic E-state index is 3.76. The Morgan fingerprint density at radius 1 is 0.364 bits per heavy atom. The van der Waals surface area contributed by atoms with Crippen LogP contribution < -0.4 is 0 Å². The standard InChI is InChI=1S/C53H34N2/c1-2-14-37(15-3-1)55-50-24-11-9-19-42(50)43-27-25-34(32-51(43)55)33-26-28-45-47(30-33)40-17-6-7-20-44(40)52(45)48-31-36(29-35-13-4-5-16-38(35)48)39-21-12-22-46-41-18-8-10-23-49(41)54-53(39)46/h1-32,52,54H. The summed E-state index contributed by atoms with van der Waals surface area (Å²) in [7, 11) is 0. The van der Waals surface area contributed by atoms with Gasteiger partial charge in [-0.3, -0.25) is 0 Å².